The minimum Gasteiger partial charge on any atom is -0.392 e. The Morgan fingerprint density at radius 3 is 2.93 bits per heavy atom. The molecule has 0 fully saturated rings. The maximum absolute atomic E-state index is 13.5. The Morgan fingerprint density at radius 1 is 1.50 bits per heavy atom. The maximum Gasteiger partial charge on any atom is 0.151 e. The van der Waals surface area contributed by atoms with E-state index in [1.54, 1.807) is 11.4 Å². The minimum atomic E-state index is -0.449. The number of aldehydes is 1. The van der Waals surface area contributed by atoms with E-state index in [2.05, 4.69) is 0 Å². The van der Waals surface area contributed by atoms with Crippen molar-refractivity contribution in [2.45, 2.75) is 6.61 Å². The van der Waals surface area contributed by atoms with Crippen molar-refractivity contribution in [3.63, 3.8) is 0 Å². The van der Waals surface area contributed by atoms with Crippen LogP contribution in [-0.2, 0) is 6.61 Å². The molecule has 1 aromatic carbocycles. The second-order valence-electron chi connectivity index (χ2n) is 2.92. The first-order valence-electron chi connectivity index (χ1n) is 4.02. The lowest BCUT2D eigenvalue weighted by atomic mass is 10.1. The van der Waals surface area contributed by atoms with E-state index in [4.69, 9.17) is 5.11 Å². The Kier molecular flexibility index (Phi) is 2.31. The number of fused-ring (bicyclic) bond motifs is 1. The van der Waals surface area contributed by atoms with Gasteiger partial charge in [0, 0.05) is 21.0 Å². The Balaban J connectivity index is 2.78. The second kappa shape index (κ2) is 3.48. The SMILES string of the molecule is O=Cc1csc2cc(CO)cc(F)c12. The van der Waals surface area contributed by atoms with Crippen LogP contribution in [0.4, 0.5) is 4.39 Å². The standard InChI is InChI=1S/C10H7FO2S/c11-8-1-6(3-12)2-9-10(8)7(4-13)5-14-9/h1-2,4-5,12H,3H2. The van der Waals surface area contributed by atoms with Crippen molar-refractivity contribution in [1.82, 2.24) is 0 Å². The van der Waals surface area contributed by atoms with E-state index in [1.165, 1.54) is 17.4 Å². The molecule has 4 heteroatoms. The number of carbonyl (C=O) groups is 1. The number of aliphatic hydroxyl groups excluding tert-OH is 1. The monoisotopic (exact) mass is 210 g/mol. The summed E-state index contributed by atoms with van der Waals surface area (Å²) in [6, 6.07) is 2.94. The van der Waals surface area contributed by atoms with E-state index < -0.39 is 5.82 Å². The molecule has 72 valence electrons. The van der Waals surface area contributed by atoms with Gasteiger partial charge in [-0.3, -0.25) is 4.79 Å². The Labute approximate surface area is 83.6 Å². The Morgan fingerprint density at radius 2 is 2.29 bits per heavy atom. The molecule has 0 atom stereocenters. The van der Waals surface area contributed by atoms with E-state index in [1.807, 2.05) is 0 Å². The van der Waals surface area contributed by atoms with Crippen molar-refractivity contribution in [3.05, 3.63) is 34.5 Å². The third-order valence-electron chi connectivity index (χ3n) is 2.02. The van der Waals surface area contributed by atoms with Gasteiger partial charge in [0.1, 0.15) is 5.82 Å². The highest BCUT2D eigenvalue weighted by molar-refractivity contribution is 7.17. The van der Waals surface area contributed by atoms with Crippen LogP contribution in [-0.4, -0.2) is 11.4 Å². The van der Waals surface area contributed by atoms with Crippen LogP contribution in [0.5, 0.6) is 0 Å². The fourth-order valence-corrected chi connectivity index (χ4v) is 2.35. The summed E-state index contributed by atoms with van der Waals surface area (Å²) in [5, 5.41) is 10.8. The average Bonchev–Trinajstić information content (AvgIpc) is 2.61. The van der Waals surface area contributed by atoms with E-state index in [9.17, 15) is 9.18 Å². The maximum atomic E-state index is 13.5. The van der Waals surface area contributed by atoms with Gasteiger partial charge in [0.05, 0.1) is 6.61 Å². The van der Waals surface area contributed by atoms with Crippen LogP contribution in [0.2, 0.25) is 0 Å². The molecule has 0 spiro atoms. The first-order valence-corrected chi connectivity index (χ1v) is 4.90. The summed E-state index contributed by atoms with van der Waals surface area (Å²) >= 11 is 1.30. The molecule has 0 amide bonds. The number of carbonyl (C=O) groups excluding carboxylic acids is 1. The van der Waals surface area contributed by atoms with Gasteiger partial charge in [-0.25, -0.2) is 4.39 Å². The van der Waals surface area contributed by atoms with Crippen LogP contribution >= 0.6 is 11.3 Å². The number of rotatable bonds is 2. The predicted octanol–water partition coefficient (Wildman–Crippen LogP) is 2.35. The van der Waals surface area contributed by atoms with Crippen molar-refractivity contribution in [2.24, 2.45) is 0 Å². The molecule has 1 aromatic heterocycles. The van der Waals surface area contributed by atoms with Crippen molar-refractivity contribution >= 4 is 27.7 Å². The molecule has 1 heterocycles. The van der Waals surface area contributed by atoms with E-state index in [0.717, 1.165) is 0 Å². The first kappa shape index (κ1) is 9.30. The molecular weight excluding hydrogens is 203 g/mol. The van der Waals surface area contributed by atoms with Gasteiger partial charge in [-0.1, -0.05) is 0 Å². The van der Waals surface area contributed by atoms with Gasteiger partial charge in [-0.05, 0) is 17.7 Å². The van der Waals surface area contributed by atoms with Gasteiger partial charge >= 0.3 is 0 Å². The summed E-state index contributed by atoms with van der Waals surface area (Å²) in [5.41, 5.74) is 0.890. The van der Waals surface area contributed by atoms with Gasteiger partial charge < -0.3 is 5.11 Å². The van der Waals surface area contributed by atoms with Crippen LogP contribution in [0.15, 0.2) is 17.5 Å². The molecule has 0 aliphatic rings. The van der Waals surface area contributed by atoms with Gasteiger partial charge in [-0.2, -0.15) is 0 Å². The van der Waals surface area contributed by atoms with Crippen LogP contribution < -0.4 is 0 Å². The summed E-state index contributed by atoms with van der Waals surface area (Å²) < 4.78 is 14.1. The third kappa shape index (κ3) is 1.32. The third-order valence-corrected chi connectivity index (χ3v) is 2.97. The normalized spacial score (nSPS) is 10.7. The zero-order valence-corrected chi connectivity index (χ0v) is 7.97. The number of hydrogen-bond acceptors (Lipinski definition) is 3. The molecular formula is C10H7FO2S. The number of thiophene rings is 1. The zero-order valence-electron chi connectivity index (χ0n) is 7.16. The molecule has 14 heavy (non-hydrogen) atoms. The van der Waals surface area contributed by atoms with Crippen molar-refractivity contribution < 1.29 is 14.3 Å². The minimum absolute atomic E-state index is 0.193. The highest BCUT2D eigenvalue weighted by Crippen LogP contribution is 2.28. The van der Waals surface area contributed by atoms with Crippen LogP contribution in [0, 0.1) is 5.82 Å². The molecule has 0 aliphatic heterocycles. The smallest absolute Gasteiger partial charge is 0.151 e. The molecule has 0 radical (unpaired) electrons. The van der Waals surface area contributed by atoms with Crippen molar-refractivity contribution in [2.75, 3.05) is 0 Å². The lowest BCUT2D eigenvalue weighted by Gasteiger charge is -1.98. The zero-order chi connectivity index (χ0) is 10.1. The van der Waals surface area contributed by atoms with Crippen molar-refractivity contribution in [1.29, 1.82) is 0 Å². The first-order chi connectivity index (χ1) is 6.76. The summed E-state index contributed by atoms with van der Waals surface area (Å²) in [4.78, 5) is 10.6. The molecule has 0 bridgehead atoms. The lowest BCUT2D eigenvalue weighted by molar-refractivity contribution is 0.112. The Bertz CT molecular complexity index is 490. The summed E-state index contributed by atoms with van der Waals surface area (Å²) in [7, 11) is 0. The summed E-state index contributed by atoms with van der Waals surface area (Å²) in [5.74, 6) is -0.449. The van der Waals surface area contributed by atoms with E-state index in [-0.39, 0.29) is 6.61 Å². The quantitative estimate of drug-likeness (QED) is 0.772. The predicted molar refractivity (Wildman–Crippen MR) is 53.1 cm³/mol. The number of benzene rings is 1. The van der Waals surface area contributed by atoms with Gasteiger partial charge in [0.25, 0.3) is 0 Å². The average molecular weight is 210 g/mol. The second-order valence-corrected chi connectivity index (χ2v) is 3.83. The highest BCUT2D eigenvalue weighted by Gasteiger charge is 2.09. The van der Waals surface area contributed by atoms with Crippen LogP contribution in [0.25, 0.3) is 10.1 Å². The van der Waals surface area contributed by atoms with Gasteiger partial charge in [0.2, 0.25) is 0 Å². The summed E-state index contributed by atoms with van der Waals surface area (Å²) in [6.07, 6.45) is 0.639. The van der Waals surface area contributed by atoms with E-state index >= 15 is 0 Å². The Hall–Kier alpha value is -1.26. The lowest BCUT2D eigenvalue weighted by Crippen LogP contribution is -1.87. The highest BCUT2D eigenvalue weighted by atomic mass is 32.1. The number of hydrogen-bond donors (Lipinski definition) is 1. The van der Waals surface area contributed by atoms with Gasteiger partial charge in [0.15, 0.2) is 6.29 Å². The number of aliphatic hydroxyl groups is 1. The fraction of sp³-hybridized carbons (Fsp3) is 0.100. The molecule has 0 saturated carbocycles. The summed E-state index contributed by atoms with van der Waals surface area (Å²) in [6.45, 7) is -0.193. The molecule has 0 aliphatic carbocycles. The molecule has 1 N–H and O–H groups in total. The van der Waals surface area contributed by atoms with Gasteiger partial charge in [-0.15, -0.1) is 11.3 Å². The van der Waals surface area contributed by atoms with E-state index in [0.29, 0.717) is 27.5 Å². The van der Waals surface area contributed by atoms with Crippen LogP contribution in [0.3, 0.4) is 0 Å². The molecule has 2 aromatic rings. The molecule has 2 rings (SSSR count). The molecule has 2 nitrogen and oxygen atoms in total. The van der Waals surface area contributed by atoms with Crippen molar-refractivity contribution in [3.8, 4) is 0 Å². The van der Waals surface area contributed by atoms with Crippen LogP contribution in [0.1, 0.15) is 15.9 Å². The largest absolute Gasteiger partial charge is 0.392 e. The molecule has 0 saturated heterocycles. The molecule has 0 unspecified atom stereocenters. The number of halogens is 1. The fourth-order valence-electron chi connectivity index (χ4n) is 1.37. The topological polar surface area (TPSA) is 37.3 Å².